The number of aliphatic hydroxyl groups is 1. The lowest BCUT2D eigenvalue weighted by Crippen LogP contribution is -2.29. The van der Waals surface area contributed by atoms with Crippen LogP contribution >= 0.6 is 0 Å². The van der Waals surface area contributed by atoms with Gasteiger partial charge in [-0.1, -0.05) is 58.9 Å². The van der Waals surface area contributed by atoms with E-state index < -0.39 is 17.7 Å². The largest absolute Gasteiger partial charge is 0.507 e. The van der Waals surface area contributed by atoms with Gasteiger partial charge < -0.3 is 14.7 Å². The van der Waals surface area contributed by atoms with Crippen molar-refractivity contribution in [3.05, 3.63) is 94.6 Å². The van der Waals surface area contributed by atoms with Gasteiger partial charge in [-0.2, -0.15) is 0 Å². The highest BCUT2D eigenvalue weighted by Crippen LogP contribution is 2.43. The highest BCUT2D eigenvalue weighted by atomic mass is 16.5. The molecule has 0 spiro atoms. The Kier molecular flexibility index (Phi) is 7.60. The first-order chi connectivity index (χ1) is 18.3. The number of rotatable bonds is 6. The molecule has 39 heavy (non-hydrogen) atoms. The number of hydrogen-bond donors (Lipinski definition) is 1. The molecule has 3 aromatic carbocycles. The van der Waals surface area contributed by atoms with Crippen molar-refractivity contribution in [1.29, 1.82) is 0 Å². The van der Waals surface area contributed by atoms with Crippen molar-refractivity contribution in [3.8, 4) is 5.75 Å². The fourth-order valence-electron chi connectivity index (χ4n) is 4.98. The number of aliphatic hydroxyl groups excluding tert-OH is 1. The van der Waals surface area contributed by atoms with Gasteiger partial charge in [0.1, 0.15) is 11.5 Å². The Morgan fingerprint density at radius 1 is 0.949 bits per heavy atom. The van der Waals surface area contributed by atoms with Crippen LogP contribution in [0.5, 0.6) is 5.75 Å². The van der Waals surface area contributed by atoms with Gasteiger partial charge in [0, 0.05) is 31.0 Å². The summed E-state index contributed by atoms with van der Waals surface area (Å²) in [6.07, 6.45) is 0. The molecule has 1 saturated heterocycles. The molecule has 1 aliphatic rings. The zero-order valence-electron chi connectivity index (χ0n) is 24.1. The van der Waals surface area contributed by atoms with Crippen molar-refractivity contribution in [3.63, 3.8) is 0 Å². The maximum absolute atomic E-state index is 13.6. The molecule has 204 valence electrons. The molecule has 0 aromatic heterocycles. The third kappa shape index (κ3) is 5.29. The number of carbonyl (C=O) groups excluding carboxylic acids is 2. The Balaban J connectivity index is 1.93. The predicted molar refractivity (Wildman–Crippen MR) is 158 cm³/mol. The van der Waals surface area contributed by atoms with Crippen LogP contribution in [0.25, 0.3) is 5.76 Å². The second-order valence-corrected chi connectivity index (χ2v) is 11.6. The SMILES string of the molecule is COc1ccc(/C(O)=C2/C(=O)C(=O)N(c3ccc(N(C)C)cc3)C2c2ccc(C(C)(C)C)cc2)cc1C(C)C. The van der Waals surface area contributed by atoms with Gasteiger partial charge in [-0.25, -0.2) is 0 Å². The molecule has 1 amide bonds. The van der Waals surface area contributed by atoms with Gasteiger partial charge in [0.25, 0.3) is 11.7 Å². The third-order valence-electron chi connectivity index (χ3n) is 7.31. The Bertz CT molecular complexity index is 1410. The van der Waals surface area contributed by atoms with E-state index in [4.69, 9.17) is 4.74 Å². The van der Waals surface area contributed by atoms with Gasteiger partial charge in [0.05, 0.1) is 18.7 Å². The van der Waals surface area contributed by atoms with Crippen molar-refractivity contribution in [2.75, 3.05) is 31.0 Å². The van der Waals surface area contributed by atoms with Crippen LogP contribution in [0, 0.1) is 0 Å². The first-order valence-corrected chi connectivity index (χ1v) is 13.2. The molecule has 1 unspecified atom stereocenters. The minimum absolute atomic E-state index is 0.0569. The Hall–Kier alpha value is -4.06. The normalized spacial score (nSPS) is 17.2. The molecule has 0 radical (unpaired) electrons. The fraction of sp³-hybridized carbons (Fsp3) is 0.333. The zero-order chi connectivity index (χ0) is 28.6. The Morgan fingerprint density at radius 2 is 1.56 bits per heavy atom. The molecule has 3 aromatic rings. The zero-order valence-corrected chi connectivity index (χ0v) is 24.1. The van der Waals surface area contributed by atoms with Crippen LogP contribution in [0.3, 0.4) is 0 Å². The average molecular weight is 527 g/mol. The number of benzene rings is 3. The minimum Gasteiger partial charge on any atom is -0.507 e. The summed E-state index contributed by atoms with van der Waals surface area (Å²) < 4.78 is 5.50. The van der Waals surface area contributed by atoms with E-state index in [9.17, 15) is 14.7 Å². The smallest absolute Gasteiger partial charge is 0.300 e. The van der Waals surface area contributed by atoms with Gasteiger partial charge in [-0.05, 0) is 70.5 Å². The average Bonchev–Trinajstić information content (AvgIpc) is 3.17. The lowest BCUT2D eigenvalue weighted by molar-refractivity contribution is -0.132. The Labute approximate surface area is 231 Å². The molecule has 1 N–H and O–H groups in total. The monoisotopic (exact) mass is 526 g/mol. The number of carbonyl (C=O) groups is 2. The van der Waals surface area contributed by atoms with Gasteiger partial charge in [-0.3, -0.25) is 14.5 Å². The third-order valence-corrected chi connectivity index (χ3v) is 7.31. The molecule has 6 heteroatoms. The standard InChI is InChI=1S/C33H38N2O4/c1-20(2)26-19-22(11-18-27(26)39-8)30(36)28-29(21-9-12-23(13-10-21)33(3,4)5)35(32(38)31(28)37)25-16-14-24(15-17-25)34(6)7/h9-20,29,36H,1-8H3/b30-28-. The number of methoxy groups -OCH3 is 1. The van der Waals surface area contributed by atoms with Crippen molar-refractivity contribution in [1.82, 2.24) is 0 Å². The molecule has 1 aliphatic heterocycles. The van der Waals surface area contributed by atoms with E-state index in [0.29, 0.717) is 17.0 Å². The number of anilines is 2. The summed E-state index contributed by atoms with van der Waals surface area (Å²) in [6.45, 7) is 10.5. The van der Waals surface area contributed by atoms with Crippen LogP contribution in [0.15, 0.2) is 72.3 Å². The molecule has 6 nitrogen and oxygen atoms in total. The van der Waals surface area contributed by atoms with Crippen LogP contribution < -0.4 is 14.5 Å². The van der Waals surface area contributed by atoms with Crippen LogP contribution in [0.1, 0.15) is 68.8 Å². The molecule has 1 atom stereocenters. The maximum atomic E-state index is 13.6. The molecule has 4 rings (SSSR count). The number of hydrogen-bond acceptors (Lipinski definition) is 5. The molecule has 0 aliphatic carbocycles. The molecular weight excluding hydrogens is 488 g/mol. The lowest BCUT2D eigenvalue weighted by Gasteiger charge is -2.27. The van der Waals surface area contributed by atoms with Crippen LogP contribution in [0.2, 0.25) is 0 Å². The van der Waals surface area contributed by atoms with Gasteiger partial charge >= 0.3 is 0 Å². The summed E-state index contributed by atoms with van der Waals surface area (Å²) in [7, 11) is 5.49. The molecule has 1 fully saturated rings. The highest BCUT2D eigenvalue weighted by molar-refractivity contribution is 6.51. The Morgan fingerprint density at radius 3 is 2.08 bits per heavy atom. The highest BCUT2D eigenvalue weighted by Gasteiger charge is 2.47. The topological polar surface area (TPSA) is 70.1 Å². The van der Waals surface area contributed by atoms with Crippen molar-refractivity contribution in [2.45, 2.75) is 52.0 Å². The summed E-state index contributed by atoms with van der Waals surface area (Å²) in [5, 5.41) is 11.6. The summed E-state index contributed by atoms with van der Waals surface area (Å²) in [5.74, 6) is -0.744. The van der Waals surface area contributed by atoms with Gasteiger partial charge in [-0.15, -0.1) is 0 Å². The molecular formula is C33H38N2O4. The van der Waals surface area contributed by atoms with E-state index in [-0.39, 0.29) is 22.7 Å². The van der Waals surface area contributed by atoms with E-state index >= 15 is 0 Å². The van der Waals surface area contributed by atoms with Gasteiger partial charge in [0.2, 0.25) is 0 Å². The number of ketones is 1. The second kappa shape index (κ2) is 10.6. The van der Waals surface area contributed by atoms with Crippen molar-refractivity contribution in [2.24, 2.45) is 0 Å². The number of Topliss-reactive ketones (excluding diaryl/α,β-unsaturated/α-hetero) is 1. The first kappa shape index (κ1) is 28.0. The van der Waals surface area contributed by atoms with Crippen molar-refractivity contribution < 1.29 is 19.4 Å². The minimum atomic E-state index is -0.783. The van der Waals surface area contributed by atoms with E-state index in [1.54, 1.807) is 19.2 Å². The fourth-order valence-corrected chi connectivity index (χ4v) is 4.98. The van der Waals surface area contributed by atoms with Crippen LogP contribution in [-0.4, -0.2) is 38.0 Å². The van der Waals surface area contributed by atoms with E-state index in [0.717, 1.165) is 22.4 Å². The maximum Gasteiger partial charge on any atom is 0.300 e. The number of ether oxygens (including phenoxy) is 1. The van der Waals surface area contributed by atoms with Crippen LogP contribution in [0.4, 0.5) is 11.4 Å². The molecule has 0 saturated carbocycles. The summed E-state index contributed by atoms with van der Waals surface area (Å²) in [5.41, 5.74) is 4.83. The second-order valence-electron chi connectivity index (χ2n) is 11.6. The number of amides is 1. The van der Waals surface area contributed by atoms with E-state index in [2.05, 4.69) is 20.8 Å². The summed E-state index contributed by atoms with van der Waals surface area (Å²) >= 11 is 0. The molecule has 0 bridgehead atoms. The molecule has 1 heterocycles. The van der Waals surface area contributed by atoms with E-state index in [1.807, 2.05) is 87.4 Å². The van der Waals surface area contributed by atoms with Gasteiger partial charge in [0.15, 0.2) is 0 Å². The van der Waals surface area contributed by atoms with Crippen LogP contribution in [-0.2, 0) is 15.0 Å². The lowest BCUT2D eigenvalue weighted by atomic mass is 9.85. The summed E-state index contributed by atoms with van der Waals surface area (Å²) in [4.78, 5) is 30.6. The quantitative estimate of drug-likeness (QED) is 0.217. The number of nitrogens with zero attached hydrogens (tertiary/aromatic N) is 2. The predicted octanol–water partition coefficient (Wildman–Crippen LogP) is 6.81. The van der Waals surface area contributed by atoms with Crippen molar-refractivity contribution >= 4 is 28.8 Å². The van der Waals surface area contributed by atoms with E-state index in [1.165, 1.54) is 4.90 Å². The first-order valence-electron chi connectivity index (χ1n) is 13.2. The summed E-state index contributed by atoms with van der Waals surface area (Å²) in [6, 6.07) is 20.0.